The molecule has 2 aromatic carbocycles. The molecule has 3 unspecified atom stereocenters. The second-order valence-corrected chi connectivity index (χ2v) is 6.95. The SMILES string of the molecule is NC(Cc1csc2ccccc12)C1CC1c1ccccc1. The van der Waals surface area contributed by atoms with Crippen molar-refractivity contribution < 1.29 is 0 Å². The van der Waals surface area contributed by atoms with E-state index in [4.69, 9.17) is 5.73 Å². The van der Waals surface area contributed by atoms with Crippen molar-refractivity contribution in [2.24, 2.45) is 11.7 Å². The number of thiophene rings is 1. The molecule has 0 bridgehead atoms. The van der Waals surface area contributed by atoms with Crippen LogP contribution < -0.4 is 5.73 Å². The Balaban J connectivity index is 1.49. The Morgan fingerprint density at radius 2 is 1.81 bits per heavy atom. The molecule has 1 aliphatic carbocycles. The third-order valence-corrected chi connectivity index (χ3v) is 5.65. The molecule has 1 saturated carbocycles. The monoisotopic (exact) mass is 293 g/mol. The second-order valence-electron chi connectivity index (χ2n) is 6.04. The molecular formula is C19H19NS. The molecule has 1 nitrogen and oxygen atoms in total. The average molecular weight is 293 g/mol. The number of benzene rings is 2. The van der Waals surface area contributed by atoms with Crippen LogP contribution in [0.2, 0.25) is 0 Å². The summed E-state index contributed by atoms with van der Waals surface area (Å²) in [6.45, 7) is 0. The van der Waals surface area contributed by atoms with Gasteiger partial charge >= 0.3 is 0 Å². The lowest BCUT2D eigenvalue weighted by Crippen LogP contribution is -2.25. The summed E-state index contributed by atoms with van der Waals surface area (Å²) in [6.07, 6.45) is 2.24. The van der Waals surface area contributed by atoms with Crippen LogP contribution in [0.5, 0.6) is 0 Å². The Morgan fingerprint density at radius 1 is 1.05 bits per heavy atom. The Hall–Kier alpha value is -1.64. The number of hydrogen-bond donors (Lipinski definition) is 1. The van der Waals surface area contributed by atoms with Crippen molar-refractivity contribution in [3.05, 3.63) is 71.1 Å². The minimum atomic E-state index is 0.271. The van der Waals surface area contributed by atoms with Gasteiger partial charge in [-0.25, -0.2) is 0 Å². The molecule has 3 aromatic rings. The van der Waals surface area contributed by atoms with Gasteiger partial charge in [-0.1, -0.05) is 48.5 Å². The molecule has 3 atom stereocenters. The van der Waals surface area contributed by atoms with E-state index in [1.54, 1.807) is 0 Å². The maximum atomic E-state index is 6.49. The zero-order chi connectivity index (χ0) is 14.2. The summed E-state index contributed by atoms with van der Waals surface area (Å²) in [5.74, 6) is 1.32. The maximum Gasteiger partial charge on any atom is 0.0345 e. The highest BCUT2D eigenvalue weighted by Crippen LogP contribution is 2.49. The lowest BCUT2D eigenvalue weighted by molar-refractivity contribution is 0.580. The van der Waals surface area contributed by atoms with Crippen molar-refractivity contribution in [1.82, 2.24) is 0 Å². The summed E-state index contributed by atoms with van der Waals surface area (Å²) < 4.78 is 1.37. The van der Waals surface area contributed by atoms with Gasteiger partial charge in [0.2, 0.25) is 0 Å². The number of hydrogen-bond acceptors (Lipinski definition) is 2. The van der Waals surface area contributed by atoms with E-state index in [1.165, 1.54) is 27.6 Å². The quantitative estimate of drug-likeness (QED) is 0.749. The van der Waals surface area contributed by atoms with Crippen molar-refractivity contribution in [2.45, 2.75) is 24.8 Å². The predicted octanol–water partition coefficient (Wildman–Crippen LogP) is 4.57. The summed E-state index contributed by atoms with van der Waals surface area (Å²) >= 11 is 1.83. The number of nitrogens with two attached hydrogens (primary N) is 1. The zero-order valence-corrected chi connectivity index (χ0v) is 12.7. The number of fused-ring (bicyclic) bond motifs is 1. The van der Waals surface area contributed by atoms with Gasteiger partial charge in [0.05, 0.1) is 0 Å². The van der Waals surface area contributed by atoms with Gasteiger partial charge in [0.15, 0.2) is 0 Å². The highest BCUT2D eigenvalue weighted by molar-refractivity contribution is 7.17. The molecule has 4 rings (SSSR count). The molecular weight excluding hydrogens is 274 g/mol. The summed E-state index contributed by atoms with van der Waals surface area (Å²) in [5.41, 5.74) is 9.36. The van der Waals surface area contributed by atoms with Crippen LogP contribution in [0.3, 0.4) is 0 Å². The van der Waals surface area contributed by atoms with E-state index in [2.05, 4.69) is 60.0 Å². The molecule has 0 spiro atoms. The molecule has 1 aliphatic rings. The van der Waals surface area contributed by atoms with Crippen LogP contribution in [0.25, 0.3) is 10.1 Å². The zero-order valence-electron chi connectivity index (χ0n) is 11.9. The fourth-order valence-electron chi connectivity index (χ4n) is 3.37. The average Bonchev–Trinajstić information content (AvgIpc) is 3.25. The highest BCUT2D eigenvalue weighted by Gasteiger charge is 2.42. The van der Waals surface area contributed by atoms with Crippen molar-refractivity contribution in [2.75, 3.05) is 0 Å². The Labute approximate surface area is 129 Å². The van der Waals surface area contributed by atoms with Gasteiger partial charge in [0.25, 0.3) is 0 Å². The molecule has 0 amide bonds. The summed E-state index contributed by atoms with van der Waals surface area (Å²) in [7, 11) is 0. The minimum Gasteiger partial charge on any atom is -0.327 e. The Morgan fingerprint density at radius 3 is 2.67 bits per heavy atom. The first-order valence-corrected chi connectivity index (χ1v) is 8.46. The minimum absolute atomic E-state index is 0.271. The van der Waals surface area contributed by atoms with E-state index in [9.17, 15) is 0 Å². The standard InChI is InChI=1S/C19H19NS/c20-18(17-11-16(17)13-6-2-1-3-7-13)10-14-12-21-19-9-5-4-8-15(14)19/h1-9,12,16-18H,10-11,20H2. The Bertz CT molecular complexity index is 746. The van der Waals surface area contributed by atoms with E-state index in [0.717, 1.165) is 6.42 Å². The van der Waals surface area contributed by atoms with Gasteiger partial charge in [0.1, 0.15) is 0 Å². The molecule has 21 heavy (non-hydrogen) atoms. The molecule has 2 N–H and O–H groups in total. The van der Waals surface area contributed by atoms with Crippen molar-refractivity contribution in [3.8, 4) is 0 Å². The van der Waals surface area contributed by atoms with Crippen molar-refractivity contribution in [1.29, 1.82) is 0 Å². The lowest BCUT2D eigenvalue weighted by atomic mass is 9.99. The van der Waals surface area contributed by atoms with Crippen LogP contribution in [0.1, 0.15) is 23.5 Å². The summed E-state index contributed by atoms with van der Waals surface area (Å²) in [5, 5.41) is 3.67. The van der Waals surface area contributed by atoms with Crippen LogP contribution in [0.15, 0.2) is 60.0 Å². The number of rotatable bonds is 4. The van der Waals surface area contributed by atoms with Gasteiger partial charge in [-0.05, 0) is 52.6 Å². The molecule has 1 aromatic heterocycles. The fraction of sp³-hybridized carbons (Fsp3) is 0.263. The van der Waals surface area contributed by atoms with E-state index >= 15 is 0 Å². The summed E-state index contributed by atoms with van der Waals surface area (Å²) in [6, 6.07) is 19.7. The van der Waals surface area contributed by atoms with Crippen LogP contribution in [-0.2, 0) is 6.42 Å². The first-order valence-electron chi connectivity index (χ1n) is 7.58. The lowest BCUT2D eigenvalue weighted by Gasteiger charge is -2.11. The Kier molecular flexibility index (Phi) is 3.28. The van der Waals surface area contributed by atoms with Gasteiger partial charge in [-0.2, -0.15) is 0 Å². The molecule has 1 heterocycles. The van der Waals surface area contributed by atoms with E-state index in [1.807, 2.05) is 11.3 Å². The van der Waals surface area contributed by atoms with Crippen molar-refractivity contribution in [3.63, 3.8) is 0 Å². The molecule has 0 aliphatic heterocycles. The smallest absolute Gasteiger partial charge is 0.0345 e. The normalized spacial score (nSPS) is 22.3. The van der Waals surface area contributed by atoms with E-state index in [-0.39, 0.29) is 6.04 Å². The predicted molar refractivity (Wildman–Crippen MR) is 90.8 cm³/mol. The van der Waals surface area contributed by atoms with Crippen LogP contribution in [0, 0.1) is 5.92 Å². The molecule has 0 saturated heterocycles. The summed E-state index contributed by atoms with van der Waals surface area (Å²) in [4.78, 5) is 0. The molecule has 106 valence electrons. The molecule has 1 fully saturated rings. The van der Waals surface area contributed by atoms with E-state index in [0.29, 0.717) is 11.8 Å². The topological polar surface area (TPSA) is 26.0 Å². The van der Waals surface area contributed by atoms with Crippen LogP contribution in [-0.4, -0.2) is 6.04 Å². The van der Waals surface area contributed by atoms with Gasteiger partial charge < -0.3 is 5.73 Å². The first-order chi connectivity index (χ1) is 10.3. The van der Waals surface area contributed by atoms with Gasteiger partial charge in [0, 0.05) is 10.7 Å². The third-order valence-electron chi connectivity index (χ3n) is 4.63. The second kappa shape index (κ2) is 5.28. The third kappa shape index (κ3) is 2.50. The highest BCUT2D eigenvalue weighted by atomic mass is 32.1. The molecule has 0 radical (unpaired) electrons. The van der Waals surface area contributed by atoms with Crippen molar-refractivity contribution >= 4 is 21.4 Å². The fourth-order valence-corrected chi connectivity index (χ4v) is 4.34. The maximum absolute atomic E-state index is 6.49. The largest absolute Gasteiger partial charge is 0.327 e. The first kappa shape index (κ1) is 13.1. The van der Waals surface area contributed by atoms with Crippen LogP contribution >= 0.6 is 11.3 Å². The molecule has 2 heteroatoms. The van der Waals surface area contributed by atoms with Gasteiger partial charge in [-0.3, -0.25) is 0 Å². The van der Waals surface area contributed by atoms with E-state index < -0.39 is 0 Å². The van der Waals surface area contributed by atoms with Crippen LogP contribution in [0.4, 0.5) is 0 Å². The van der Waals surface area contributed by atoms with Gasteiger partial charge in [-0.15, -0.1) is 11.3 Å².